The Morgan fingerprint density at radius 1 is 1.10 bits per heavy atom. The molecule has 0 fully saturated rings. The number of aryl methyl sites for hydroxylation is 1. The molecular formula is C20H16F3N3O4. The van der Waals surface area contributed by atoms with Gasteiger partial charge in [-0.1, -0.05) is 11.2 Å². The standard InChI is InChI=1S/C20H16F3N3O4/c1-11-17(18(27)25-14-5-3-13(4-6-14)20(21,22)23)19(30-26-11)24-9-12-2-7-15-16(8-12)29-10-28-15/h2-8,24H,9-10H2,1H3,(H,25,27). The van der Waals surface area contributed by atoms with E-state index in [2.05, 4.69) is 15.8 Å². The first-order chi connectivity index (χ1) is 14.3. The van der Waals surface area contributed by atoms with Gasteiger partial charge in [-0.2, -0.15) is 13.2 Å². The minimum Gasteiger partial charge on any atom is -0.454 e. The van der Waals surface area contributed by atoms with Crippen LogP contribution in [0.1, 0.15) is 27.2 Å². The van der Waals surface area contributed by atoms with Crippen molar-refractivity contribution < 1.29 is 32.0 Å². The molecule has 2 heterocycles. The number of nitrogens with zero attached hydrogens (tertiary/aromatic N) is 1. The molecule has 1 amide bonds. The number of hydrogen-bond donors (Lipinski definition) is 2. The fraction of sp³-hybridized carbons (Fsp3) is 0.200. The second-order valence-electron chi connectivity index (χ2n) is 6.54. The molecule has 2 N–H and O–H groups in total. The van der Waals surface area contributed by atoms with E-state index < -0.39 is 17.6 Å². The van der Waals surface area contributed by atoms with E-state index in [9.17, 15) is 18.0 Å². The van der Waals surface area contributed by atoms with Gasteiger partial charge in [0.2, 0.25) is 12.7 Å². The Balaban J connectivity index is 1.45. The molecule has 30 heavy (non-hydrogen) atoms. The van der Waals surface area contributed by atoms with Gasteiger partial charge >= 0.3 is 6.18 Å². The quantitative estimate of drug-likeness (QED) is 0.629. The van der Waals surface area contributed by atoms with Crippen LogP contribution in [-0.2, 0) is 12.7 Å². The number of halogens is 3. The third-order valence-corrected chi connectivity index (χ3v) is 4.45. The summed E-state index contributed by atoms with van der Waals surface area (Å²) in [5.74, 6) is 0.880. The van der Waals surface area contributed by atoms with E-state index in [-0.39, 0.29) is 23.9 Å². The Bertz CT molecular complexity index is 1080. The van der Waals surface area contributed by atoms with Crippen LogP contribution in [0.4, 0.5) is 24.7 Å². The summed E-state index contributed by atoms with van der Waals surface area (Å²) in [6.45, 7) is 2.09. The molecule has 0 radical (unpaired) electrons. The largest absolute Gasteiger partial charge is 0.454 e. The van der Waals surface area contributed by atoms with Crippen molar-refractivity contribution in [1.29, 1.82) is 0 Å². The number of carbonyl (C=O) groups is 1. The molecule has 10 heteroatoms. The first-order valence-corrected chi connectivity index (χ1v) is 8.88. The maximum Gasteiger partial charge on any atom is 0.416 e. The second kappa shape index (κ2) is 7.62. The van der Waals surface area contributed by atoms with Gasteiger partial charge < -0.3 is 24.6 Å². The van der Waals surface area contributed by atoms with Gasteiger partial charge in [0.15, 0.2) is 11.5 Å². The molecule has 2 aromatic carbocycles. The summed E-state index contributed by atoms with van der Waals surface area (Å²) in [5, 5.41) is 9.36. The molecule has 0 unspecified atom stereocenters. The number of alkyl halides is 3. The molecular weight excluding hydrogens is 403 g/mol. The lowest BCUT2D eigenvalue weighted by Crippen LogP contribution is -2.15. The molecule has 1 aliphatic heterocycles. The van der Waals surface area contributed by atoms with E-state index in [1.54, 1.807) is 19.1 Å². The SMILES string of the molecule is Cc1noc(NCc2ccc3c(c2)OCO3)c1C(=O)Nc1ccc(C(F)(F)F)cc1. The maximum absolute atomic E-state index is 12.7. The Kier molecular flexibility index (Phi) is 4.98. The van der Waals surface area contributed by atoms with Gasteiger partial charge in [-0.3, -0.25) is 4.79 Å². The predicted molar refractivity (Wildman–Crippen MR) is 101 cm³/mol. The molecule has 0 bridgehead atoms. The van der Waals surface area contributed by atoms with E-state index in [0.29, 0.717) is 23.7 Å². The first kappa shape index (κ1) is 19.6. The highest BCUT2D eigenvalue weighted by Gasteiger charge is 2.30. The molecule has 7 nitrogen and oxygen atoms in total. The third-order valence-electron chi connectivity index (χ3n) is 4.45. The van der Waals surface area contributed by atoms with Crippen molar-refractivity contribution in [2.75, 3.05) is 17.4 Å². The van der Waals surface area contributed by atoms with Gasteiger partial charge in [0.25, 0.3) is 5.91 Å². The monoisotopic (exact) mass is 419 g/mol. The number of anilines is 2. The molecule has 156 valence electrons. The number of fused-ring (bicyclic) bond motifs is 1. The minimum absolute atomic E-state index is 0.148. The molecule has 0 aliphatic carbocycles. The molecule has 0 saturated heterocycles. The fourth-order valence-electron chi connectivity index (χ4n) is 2.93. The summed E-state index contributed by atoms with van der Waals surface area (Å²) in [6.07, 6.45) is -4.45. The smallest absolute Gasteiger partial charge is 0.416 e. The highest BCUT2D eigenvalue weighted by molar-refractivity contribution is 6.08. The van der Waals surface area contributed by atoms with Crippen molar-refractivity contribution >= 4 is 17.5 Å². The van der Waals surface area contributed by atoms with Gasteiger partial charge in [-0.05, 0) is 48.9 Å². The molecule has 0 saturated carbocycles. The highest BCUT2D eigenvalue weighted by atomic mass is 19.4. The highest BCUT2D eigenvalue weighted by Crippen LogP contribution is 2.33. The van der Waals surface area contributed by atoms with Crippen LogP contribution in [0.25, 0.3) is 0 Å². The van der Waals surface area contributed by atoms with Crippen molar-refractivity contribution in [3.63, 3.8) is 0 Å². The van der Waals surface area contributed by atoms with E-state index in [1.165, 1.54) is 12.1 Å². The zero-order valence-corrected chi connectivity index (χ0v) is 15.7. The van der Waals surface area contributed by atoms with Crippen molar-refractivity contribution in [1.82, 2.24) is 5.16 Å². The van der Waals surface area contributed by atoms with Gasteiger partial charge in [0, 0.05) is 12.2 Å². The van der Waals surface area contributed by atoms with Crippen LogP contribution < -0.4 is 20.1 Å². The van der Waals surface area contributed by atoms with E-state index in [4.69, 9.17) is 14.0 Å². The van der Waals surface area contributed by atoms with Crippen LogP contribution in [-0.4, -0.2) is 17.9 Å². The maximum atomic E-state index is 12.7. The van der Waals surface area contributed by atoms with E-state index in [0.717, 1.165) is 17.7 Å². The van der Waals surface area contributed by atoms with Crippen LogP contribution >= 0.6 is 0 Å². The zero-order chi connectivity index (χ0) is 21.3. The van der Waals surface area contributed by atoms with E-state index in [1.807, 2.05) is 6.07 Å². The molecule has 1 aliphatic rings. The van der Waals surface area contributed by atoms with Crippen LogP contribution in [0.3, 0.4) is 0 Å². The normalized spacial score (nSPS) is 12.7. The van der Waals surface area contributed by atoms with Crippen LogP contribution in [0.5, 0.6) is 11.5 Å². The number of amides is 1. The lowest BCUT2D eigenvalue weighted by Gasteiger charge is -2.09. The van der Waals surface area contributed by atoms with Gasteiger partial charge in [0.1, 0.15) is 5.56 Å². The number of rotatable bonds is 5. The van der Waals surface area contributed by atoms with Crippen LogP contribution in [0.15, 0.2) is 47.0 Å². The molecule has 0 spiro atoms. The Morgan fingerprint density at radius 2 is 1.83 bits per heavy atom. The average Bonchev–Trinajstić information content (AvgIpc) is 3.31. The topological polar surface area (TPSA) is 85.6 Å². The van der Waals surface area contributed by atoms with E-state index >= 15 is 0 Å². The number of hydrogen-bond acceptors (Lipinski definition) is 6. The summed E-state index contributed by atoms with van der Waals surface area (Å²) < 4.78 is 53.8. The number of nitrogens with one attached hydrogen (secondary N) is 2. The predicted octanol–water partition coefficient (Wildman–Crippen LogP) is 4.59. The van der Waals surface area contributed by atoms with Gasteiger partial charge in [0.05, 0.1) is 11.3 Å². The van der Waals surface area contributed by atoms with Crippen molar-refractivity contribution in [2.24, 2.45) is 0 Å². The number of ether oxygens (including phenoxy) is 2. The van der Waals surface area contributed by atoms with Crippen LogP contribution in [0.2, 0.25) is 0 Å². The Morgan fingerprint density at radius 3 is 2.57 bits per heavy atom. The summed E-state index contributed by atoms with van der Waals surface area (Å²) in [6, 6.07) is 9.59. The zero-order valence-electron chi connectivity index (χ0n) is 15.7. The Labute approximate surface area is 168 Å². The summed E-state index contributed by atoms with van der Waals surface area (Å²) in [7, 11) is 0. The van der Waals surface area contributed by atoms with Crippen LogP contribution in [0, 0.1) is 6.92 Å². The fourth-order valence-corrected chi connectivity index (χ4v) is 2.93. The average molecular weight is 419 g/mol. The molecule has 1 aromatic heterocycles. The number of benzene rings is 2. The summed E-state index contributed by atoms with van der Waals surface area (Å²) in [4.78, 5) is 12.7. The van der Waals surface area contributed by atoms with Gasteiger partial charge in [-0.15, -0.1) is 0 Å². The number of carbonyl (C=O) groups excluding carboxylic acids is 1. The van der Waals surface area contributed by atoms with Crippen molar-refractivity contribution in [3.05, 3.63) is 64.8 Å². The Hall–Kier alpha value is -3.69. The number of aromatic nitrogens is 1. The third kappa shape index (κ3) is 4.02. The molecule has 4 rings (SSSR count). The minimum atomic E-state index is -4.45. The summed E-state index contributed by atoms with van der Waals surface area (Å²) >= 11 is 0. The molecule has 0 atom stereocenters. The van der Waals surface area contributed by atoms with Crippen molar-refractivity contribution in [3.8, 4) is 11.5 Å². The lowest BCUT2D eigenvalue weighted by atomic mass is 10.1. The van der Waals surface area contributed by atoms with Gasteiger partial charge in [-0.25, -0.2) is 0 Å². The first-order valence-electron chi connectivity index (χ1n) is 8.88. The van der Waals surface area contributed by atoms with Crippen molar-refractivity contribution in [2.45, 2.75) is 19.6 Å². The summed E-state index contributed by atoms with van der Waals surface area (Å²) in [5.41, 5.74) is 0.786. The molecule has 3 aromatic rings. The second-order valence-corrected chi connectivity index (χ2v) is 6.54. The lowest BCUT2D eigenvalue weighted by molar-refractivity contribution is -0.137.